The molecule has 20 heavy (non-hydrogen) atoms. The van der Waals surface area contributed by atoms with Crippen molar-refractivity contribution in [1.82, 2.24) is 0 Å². The van der Waals surface area contributed by atoms with E-state index in [0.717, 1.165) is 11.8 Å². The summed E-state index contributed by atoms with van der Waals surface area (Å²) in [5.74, 6) is 0.971. The van der Waals surface area contributed by atoms with Gasteiger partial charge in [0.05, 0.1) is 18.5 Å². The maximum absolute atomic E-state index is 14.1. The molecule has 8 heteroatoms. The number of anilines is 2. The smallest absolute Gasteiger partial charge is 0.169 e. The Balaban J connectivity index is 2.47. The van der Waals surface area contributed by atoms with E-state index in [1.54, 1.807) is 16.7 Å². The minimum atomic E-state index is -3.30. The van der Waals surface area contributed by atoms with Crippen molar-refractivity contribution in [2.45, 2.75) is 5.37 Å². The molecule has 1 fully saturated rings. The average Bonchev–Trinajstić information content (AvgIpc) is 2.38. The van der Waals surface area contributed by atoms with Crippen molar-refractivity contribution >= 4 is 33.0 Å². The summed E-state index contributed by atoms with van der Waals surface area (Å²) in [5.41, 5.74) is 6.05. The summed E-state index contributed by atoms with van der Waals surface area (Å²) in [6.07, 6.45) is 1.17. The number of nitrogens with two attached hydrogens (primary N) is 1. The highest BCUT2D eigenvalue weighted by Gasteiger charge is 2.33. The molecular formula is C12H17FN2O3S2. The minimum Gasteiger partial charge on any atom is -0.495 e. The van der Waals surface area contributed by atoms with E-state index in [1.165, 1.54) is 19.4 Å². The molecule has 2 N–H and O–H groups in total. The van der Waals surface area contributed by atoms with Crippen LogP contribution in [0.25, 0.3) is 0 Å². The van der Waals surface area contributed by atoms with Gasteiger partial charge in [0.15, 0.2) is 9.84 Å². The Morgan fingerprint density at radius 1 is 1.50 bits per heavy atom. The van der Waals surface area contributed by atoms with Crippen LogP contribution in [-0.2, 0) is 9.84 Å². The maximum Gasteiger partial charge on any atom is 0.169 e. The first-order valence-corrected chi connectivity index (χ1v) is 9.11. The van der Waals surface area contributed by atoms with Crippen molar-refractivity contribution in [1.29, 1.82) is 0 Å². The third kappa shape index (κ3) is 2.95. The molecule has 0 saturated carbocycles. The normalized spacial score (nSPS) is 19.9. The average molecular weight is 320 g/mol. The Labute approximate surface area is 122 Å². The molecule has 2 rings (SSSR count). The van der Waals surface area contributed by atoms with Crippen LogP contribution in [0.4, 0.5) is 15.8 Å². The molecule has 0 amide bonds. The van der Waals surface area contributed by atoms with E-state index in [9.17, 15) is 12.8 Å². The standard InChI is InChI=1S/C12H17FN2O3S2/c1-18-11-6-10(8(13)5-9(11)14)15-3-4-19-7-12(15)20(2,16)17/h5-6,12H,3-4,7,14H2,1-2H3. The van der Waals surface area contributed by atoms with Crippen LogP contribution in [0.2, 0.25) is 0 Å². The highest BCUT2D eigenvalue weighted by Crippen LogP contribution is 2.34. The van der Waals surface area contributed by atoms with Gasteiger partial charge in [0.2, 0.25) is 0 Å². The quantitative estimate of drug-likeness (QED) is 0.847. The molecule has 0 bridgehead atoms. The van der Waals surface area contributed by atoms with E-state index in [4.69, 9.17) is 10.5 Å². The lowest BCUT2D eigenvalue weighted by atomic mass is 10.2. The summed E-state index contributed by atoms with van der Waals surface area (Å²) >= 11 is 1.55. The molecule has 1 atom stereocenters. The summed E-state index contributed by atoms with van der Waals surface area (Å²) < 4.78 is 43.0. The van der Waals surface area contributed by atoms with Gasteiger partial charge >= 0.3 is 0 Å². The molecule has 0 spiro atoms. The number of ether oxygens (including phenoxy) is 1. The summed E-state index contributed by atoms with van der Waals surface area (Å²) in [6.45, 7) is 0.465. The van der Waals surface area contributed by atoms with Crippen molar-refractivity contribution < 1.29 is 17.5 Å². The summed E-state index contributed by atoms with van der Waals surface area (Å²) in [5, 5.41) is -0.732. The van der Waals surface area contributed by atoms with Gasteiger partial charge < -0.3 is 15.4 Å². The van der Waals surface area contributed by atoms with Gasteiger partial charge in [-0.2, -0.15) is 11.8 Å². The molecule has 0 aromatic heterocycles. The Morgan fingerprint density at radius 2 is 2.20 bits per heavy atom. The fourth-order valence-electron chi connectivity index (χ4n) is 2.17. The summed E-state index contributed by atoms with van der Waals surface area (Å²) in [4.78, 5) is 1.57. The number of thioether (sulfide) groups is 1. The van der Waals surface area contributed by atoms with Gasteiger partial charge in [0.25, 0.3) is 0 Å². The van der Waals surface area contributed by atoms with Gasteiger partial charge in [0.1, 0.15) is 16.9 Å². The van der Waals surface area contributed by atoms with E-state index in [-0.39, 0.29) is 11.4 Å². The second kappa shape index (κ2) is 5.69. The first-order chi connectivity index (χ1) is 9.34. The SMILES string of the molecule is COc1cc(N2CCSCC2S(C)(=O)=O)c(F)cc1N. The third-order valence-electron chi connectivity index (χ3n) is 3.19. The largest absolute Gasteiger partial charge is 0.495 e. The Kier molecular flexibility index (Phi) is 4.33. The molecule has 5 nitrogen and oxygen atoms in total. The van der Waals surface area contributed by atoms with Gasteiger partial charge in [-0.05, 0) is 0 Å². The van der Waals surface area contributed by atoms with Crippen molar-refractivity contribution in [2.24, 2.45) is 0 Å². The van der Waals surface area contributed by atoms with Crippen LogP contribution in [0.15, 0.2) is 12.1 Å². The minimum absolute atomic E-state index is 0.191. The monoisotopic (exact) mass is 320 g/mol. The van der Waals surface area contributed by atoms with Gasteiger partial charge in [-0.1, -0.05) is 0 Å². The highest BCUT2D eigenvalue weighted by atomic mass is 32.2. The van der Waals surface area contributed by atoms with Gasteiger partial charge in [-0.3, -0.25) is 0 Å². The molecule has 0 aliphatic carbocycles. The lowest BCUT2D eigenvalue weighted by molar-refractivity contribution is 0.416. The maximum atomic E-state index is 14.1. The third-order valence-corrected chi connectivity index (χ3v) is 5.83. The molecule has 0 radical (unpaired) electrons. The highest BCUT2D eigenvalue weighted by molar-refractivity contribution is 8.01. The number of rotatable bonds is 3. The summed E-state index contributed by atoms with van der Waals surface area (Å²) in [7, 11) is -1.87. The zero-order valence-electron chi connectivity index (χ0n) is 11.3. The van der Waals surface area contributed by atoms with Gasteiger partial charge in [0, 0.05) is 36.4 Å². The molecule has 1 saturated heterocycles. The number of sulfone groups is 1. The molecule has 1 unspecified atom stereocenters. The van der Waals surface area contributed by atoms with Crippen LogP contribution in [0.3, 0.4) is 0 Å². The lowest BCUT2D eigenvalue weighted by Gasteiger charge is -2.36. The zero-order chi connectivity index (χ0) is 14.9. The van der Waals surface area contributed by atoms with E-state index >= 15 is 0 Å². The van der Waals surface area contributed by atoms with E-state index in [0.29, 0.717) is 18.0 Å². The van der Waals surface area contributed by atoms with Crippen LogP contribution >= 0.6 is 11.8 Å². The molecule has 1 heterocycles. The molecule has 1 aromatic rings. The topological polar surface area (TPSA) is 72.6 Å². The van der Waals surface area contributed by atoms with Crippen LogP contribution in [0, 0.1) is 5.82 Å². The second-order valence-corrected chi connectivity index (χ2v) is 7.95. The number of methoxy groups -OCH3 is 1. The van der Waals surface area contributed by atoms with Crippen molar-refractivity contribution in [3.8, 4) is 5.75 Å². The van der Waals surface area contributed by atoms with Crippen molar-refractivity contribution in [3.63, 3.8) is 0 Å². The molecule has 1 aliphatic heterocycles. The predicted octanol–water partition coefficient (Wildman–Crippen LogP) is 1.34. The van der Waals surface area contributed by atoms with Crippen LogP contribution in [-0.4, -0.2) is 45.2 Å². The number of hydrogen-bond donors (Lipinski definition) is 1. The van der Waals surface area contributed by atoms with Crippen LogP contribution < -0.4 is 15.4 Å². The molecular weight excluding hydrogens is 303 g/mol. The Hall–Kier alpha value is -1.15. The molecule has 112 valence electrons. The number of nitrogen functional groups attached to an aromatic ring is 1. The fourth-order valence-corrected chi connectivity index (χ4v) is 5.00. The van der Waals surface area contributed by atoms with Crippen molar-refractivity contribution in [3.05, 3.63) is 17.9 Å². The molecule has 1 aromatic carbocycles. The van der Waals surface area contributed by atoms with Gasteiger partial charge in [-0.15, -0.1) is 0 Å². The Morgan fingerprint density at radius 3 is 2.80 bits per heavy atom. The lowest BCUT2D eigenvalue weighted by Crippen LogP contribution is -2.47. The Bertz CT molecular complexity index is 607. The first-order valence-electron chi connectivity index (χ1n) is 6.01. The number of hydrogen-bond acceptors (Lipinski definition) is 6. The number of halogens is 1. The predicted molar refractivity (Wildman–Crippen MR) is 80.7 cm³/mol. The second-order valence-electron chi connectivity index (χ2n) is 4.60. The fraction of sp³-hybridized carbons (Fsp3) is 0.500. The number of nitrogens with zero attached hydrogens (tertiary/aromatic N) is 1. The molecule has 1 aliphatic rings. The van der Waals surface area contributed by atoms with Gasteiger partial charge in [-0.25, -0.2) is 12.8 Å². The van der Waals surface area contributed by atoms with E-state index in [1.807, 2.05) is 0 Å². The zero-order valence-corrected chi connectivity index (χ0v) is 12.9. The van der Waals surface area contributed by atoms with E-state index < -0.39 is 21.0 Å². The van der Waals surface area contributed by atoms with Crippen LogP contribution in [0.1, 0.15) is 0 Å². The van der Waals surface area contributed by atoms with Crippen LogP contribution in [0.5, 0.6) is 5.75 Å². The number of benzene rings is 1. The first kappa shape index (κ1) is 15.2. The van der Waals surface area contributed by atoms with E-state index in [2.05, 4.69) is 0 Å². The van der Waals surface area contributed by atoms with Crippen molar-refractivity contribution in [2.75, 3.05) is 42.0 Å². The summed E-state index contributed by atoms with van der Waals surface area (Å²) in [6, 6.07) is 2.62.